The summed E-state index contributed by atoms with van der Waals surface area (Å²) in [6.45, 7) is 4.12. The molecular formula is C23H24ClN5O3S. The first kappa shape index (κ1) is 21.9. The lowest BCUT2D eigenvalue weighted by Crippen LogP contribution is -2.31. The van der Waals surface area contributed by atoms with E-state index in [4.69, 9.17) is 21.1 Å². The molecule has 0 saturated carbocycles. The lowest BCUT2D eigenvalue weighted by molar-refractivity contribution is -0.113. The van der Waals surface area contributed by atoms with Crippen molar-refractivity contribution in [2.75, 3.05) is 35.9 Å². The predicted octanol–water partition coefficient (Wildman–Crippen LogP) is 4.68. The van der Waals surface area contributed by atoms with Gasteiger partial charge in [0.15, 0.2) is 16.7 Å². The van der Waals surface area contributed by atoms with E-state index >= 15 is 0 Å². The van der Waals surface area contributed by atoms with Gasteiger partial charge in [0.1, 0.15) is 0 Å². The molecule has 0 radical (unpaired) electrons. The van der Waals surface area contributed by atoms with E-state index in [-0.39, 0.29) is 18.5 Å². The Kier molecular flexibility index (Phi) is 6.32. The van der Waals surface area contributed by atoms with Crippen molar-refractivity contribution >= 4 is 40.9 Å². The topological polar surface area (TPSA) is 81.5 Å². The van der Waals surface area contributed by atoms with Gasteiger partial charge in [-0.05, 0) is 38.3 Å². The van der Waals surface area contributed by atoms with E-state index in [2.05, 4.69) is 51.6 Å². The number of thioether (sulfide) groups is 1. The normalized spacial score (nSPS) is 15.0. The van der Waals surface area contributed by atoms with E-state index in [0.717, 1.165) is 37.6 Å². The highest BCUT2D eigenvalue weighted by atomic mass is 35.5. The van der Waals surface area contributed by atoms with Crippen molar-refractivity contribution in [2.45, 2.75) is 31.3 Å². The number of benzene rings is 2. The summed E-state index contributed by atoms with van der Waals surface area (Å²) in [5.41, 5.74) is 2.65. The molecule has 8 nitrogen and oxygen atoms in total. The molecule has 3 heterocycles. The zero-order chi connectivity index (χ0) is 22.8. The number of ether oxygens (including phenoxy) is 2. The maximum absolute atomic E-state index is 12.7. The molecule has 3 aromatic rings. The molecule has 5 rings (SSSR count). The first-order chi connectivity index (χ1) is 16.1. The summed E-state index contributed by atoms with van der Waals surface area (Å²) < 4.78 is 12.7. The number of piperidine rings is 1. The molecule has 0 unspecified atom stereocenters. The standard InChI is InChI=1S/C23H24ClN5O3S/c1-15-5-7-16(8-6-15)29-22(28-9-3-2-4-10-28)26-27-23(29)33-13-21(30)25-18-12-20-19(11-17(18)24)31-14-32-20/h5-8,11-12H,2-4,9-10,13-14H2,1H3,(H,25,30). The van der Waals surface area contributed by atoms with E-state index in [1.165, 1.54) is 23.7 Å². The molecule has 10 heteroatoms. The van der Waals surface area contributed by atoms with Crippen molar-refractivity contribution in [1.82, 2.24) is 14.8 Å². The van der Waals surface area contributed by atoms with Crippen molar-refractivity contribution in [1.29, 1.82) is 0 Å². The molecule has 2 aromatic carbocycles. The minimum Gasteiger partial charge on any atom is -0.454 e. The lowest BCUT2D eigenvalue weighted by Gasteiger charge is -2.27. The number of rotatable bonds is 6. The van der Waals surface area contributed by atoms with E-state index in [0.29, 0.717) is 27.4 Å². The van der Waals surface area contributed by atoms with E-state index in [1.54, 1.807) is 12.1 Å². The molecule has 2 aliphatic heterocycles. The molecule has 0 spiro atoms. The molecule has 172 valence electrons. The van der Waals surface area contributed by atoms with Gasteiger partial charge in [-0.15, -0.1) is 10.2 Å². The van der Waals surface area contributed by atoms with Crippen LogP contribution < -0.4 is 19.7 Å². The summed E-state index contributed by atoms with van der Waals surface area (Å²) in [5.74, 6) is 1.92. The summed E-state index contributed by atoms with van der Waals surface area (Å²) in [6, 6.07) is 11.6. The minimum absolute atomic E-state index is 0.146. The number of hydrogen-bond donors (Lipinski definition) is 1. The van der Waals surface area contributed by atoms with Crippen LogP contribution in [0.4, 0.5) is 11.6 Å². The van der Waals surface area contributed by atoms with Crippen LogP contribution in [0.2, 0.25) is 5.02 Å². The summed E-state index contributed by atoms with van der Waals surface area (Å²) in [7, 11) is 0. The highest BCUT2D eigenvalue weighted by Crippen LogP contribution is 2.39. The first-order valence-electron chi connectivity index (χ1n) is 10.9. The third-order valence-corrected chi connectivity index (χ3v) is 6.86. The number of nitrogens with zero attached hydrogens (tertiary/aromatic N) is 4. The SMILES string of the molecule is Cc1ccc(-n2c(SCC(=O)Nc3cc4c(cc3Cl)OCO4)nnc2N2CCCCC2)cc1. The minimum atomic E-state index is -0.196. The quantitative estimate of drug-likeness (QED) is 0.507. The molecule has 1 aromatic heterocycles. The van der Waals surface area contributed by atoms with Gasteiger partial charge in [-0.25, -0.2) is 0 Å². The fourth-order valence-electron chi connectivity index (χ4n) is 3.90. The van der Waals surface area contributed by atoms with Gasteiger partial charge in [-0.1, -0.05) is 41.1 Å². The zero-order valence-corrected chi connectivity index (χ0v) is 19.8. The second-order valence-corrected chi connectivity index (χ2v) is 9.37. The fraction of sp³-hybridized carbons (Fsp3) is 0.348. The average Bonchev–Trinajstić information content (AvgIpc) is 3.46. The molecule has 1 amide bonds. The van der Waals surface area contributed by atoms with E-state index in [9.17, 15) is 4.79 Å². The monoisotopic (exact) mass is 485 g/mol. The van der Waals surface area contributed by atoms with Gasteiger partial charge < -0.3 is 19.7 Å². The molecule has 33 heavy (non-hydrogen) atoms. The molecule has 1 saturated heterocycles. The highest BCUT2D eigenvalue weighted by molar-refractivity contribution is 7.99. The predicted molar refractivity (Wildman–Crippen MR) is 129 cm³/mol. The van der Waals surface area contributed by atoms with Crippen LogP contribution in [0.5, 0.6) is 11.5 Å². The Bertz CT molecular complexity index is 1160. The molecule has 1 fully saturated rings. The summed E-state index contributed by atoms with van der Waals surface area (Å²) in [6.07, 6.45) is 3.52. The molecule has 2 aliphatic rings. The van der Waals surface area contributed by atoms with Crippen LogP contribution in [0, 0.1) is 6.92 Å². The summed E-state index contributed by atoms with van der Waals surface area (Å²) in [5, 5.41) is 12.8. The Morgan fingerprint density at radius 2 is 1.82 bits per heavy atom. The van der Waals surface area contributed by atoms with Gasteiger partial charge in [0, 0.05) is 25.2 Å². The summed E-state index contributed by atoms with van der Waals surface area (Å²) >= 11 is 7.63. The van der Waals surface area contributed by atoms with Gasteiger partial charge in [0.2, 0.25) is 18.6 Å². The maximum Gasteiger partial charge on any atom is 0.234 e. The lowest BCUT2D eigenvalue weighted by atomic mass is 10.1. The van der Waals surface area contributed by atoms with Crippen LogP contribution in [0.1, 0.15) is 24.8 Å². The second-order valence-electron chi connectivity index (χ2n) is 8.02. The van der Waals surface area contributed by atoms with Gasteiger partial charge in [0.05, 0.1) is 22.2 Å². The first-order valence-corrected chi connectivity index (χ1v) is 12.2. The van der Waals surface area contributed by atoms with Crippen LogP contribution in [0.15, 0.2) is 41.6 Å². The fourth-order valence-corrected chi connectivity index (χ4v) is 4.85. The average molecular weight is 486 g/mol. The van der Waals surface area contributed by atoms with Crippen molar-refractivity contribution in [3.05, 3.63) is 47.0 Å². The van der Waals surface area contributed by atoms with Crippen LogP contribution in [0.3, 0.4) is 0 Å². The molecule has 0 bridgehead atoms. The molecular weight excluding hydrogens is 462 g/mol. The number of anilines is 2. The van der Waals surface area contributed by atoms with E-state index < -0.39 is 0 Å². The van der Waals surface area contributed by atoms with Crippen molar-refractivity contribution in [2.24, 2.45) is 0 Å². The van der Waals surface area contributed by atoms with E-state index in [1.807, 2.05) is 4.57 Å². The second kappa shape index (κ2) is 9.52. The van der Waals surface area contributed by atoms with Crippen molar-refractivity contribution in [3.8, 4) is 17.2 Å². The number of carbonyl (C=O) groups excluding carboxylic acids is 1. The number of amides is 1. The number of carbonyl (C=O) groups is 1. The van der Waals surface area contributed by atoms with Gasteiger partial charge in [-0.3, -0.25) is 9.36 Å². The van der Waals surface area contributed by atoms with Crippen LogP contribution >= 0.6 is 23.4 Å². The molecule has 1 N–H and O–H groups in total. The van der Waals surface area contributed by atoms with Crippen molar-refractivity contribution in [3.63, 3.8) is 0 Å². The number of hydrogen-bond acceptors (Lipinski definition) is 7. The smallest absolute Gasteiger partial charge is 0.234 e. The Hall–Kier alpha value is -2.91. The van der Waals surface area contributed by atoms with Crippen molar-refractivity contribution < 1.29 is 14.3 Å². The highest BCUT2D eigenvalue weighted by Gasteiger charge is 2.23. The van der Waals surface area contributed by atoms with Gasteiger partial charge in [-0.2, -0.15) is 0 Å². The number of fused-ring (bicyclic) bond motifs is 1. The zero-order valence-electron chi connectivity index (χ0n) is 18.2. The maximum atomic E-state index is 12.7. The van der Waals surface area contributed by atoms with Crippen LogP contribution in [-0.4, -0.2) is 46.3 Å². The summed E-state index contributed by atoms with van der Waals surface area (Å²) in [4.78, 5) is 15.0. The van der Waals surface area contributed by atoms with Gasteiger partial charge >= 0.3 is 0 Å². The Morgan fingerprint density at radius 3 is 2.58 bits per heavy atom. The van der Waals surface area contributed by atoms with Crippen LogP contribution in [0.25, 0.3) is 5.69 Å². The number of nitrogens with one attached hydrogen (secondary N) is 1. The van der Waals surface area contributed by atoms with Crippen LogP contribution in [-0.2, 0) is 4.79 Å². The largest absolute Gasteiger partial charge is 0.454 e. The van der Waals surface area contributed by atoms with Gasteiger partial charge in [0.25, 0.3) is 0 Å². The Balaban J connectivity index is 1.34. The number of aryl methyl sites for hydroxylation is 1. The third kappa shape index (κ3) is 4.74. The molecule has 0 aliphatic carbocycles. The Labute approximate surface area is 201 Å². The Morgan fingerprint density at radius 1 is 1.09 bits per heavy atom. The third-order valence-electron chi connectivity index (χ3n) is 5.62. The molecule has 0 atom stereocenters. The number of halogens is 1. The number of aromatic nitrogens is 3.